The molecule has 3 aromatic rings. The second-order valence-electron chi connectivity index (χ2n) is 6.30. The molecule has 0 aliphatic rings. The van der Waals surface area contributed by atoms with Crippen LogP contribution in [0.15, 0.2) is 42.7 Å². The van der Waals surface area contributed by atoms with E-state index < -0.39 is 12.6 Å². The molecular weight excluding hydrogens is 374 g/mol. The molecule has 0 spiro atoms. The van der Waals surface area contributed by atoms with Gasteiger partial charge < -0.3 is 15.2 Å². The van der Waals surface area contributed by atoms with E-state index in [0.717, 1.165) is 12.1 Å². The average molecular weight is 395 g/mol. The Kier molecular flexibility index (Phi) is 6.18. The zero-order valence-corrected chi connectivity index (χ0v) is 16.1. The third-order valence-electron chi connectivity index (χ3n) is 3.98. The maximum absolute atomic E-state index is 12.4. The molecule has 3 aromatic heterocycles. The normalized spacial score (nSPS) is 10.6. The van der Waals surface area contributed by atoms with Crippen LogP contribution in [0, 0.1) is 6.92 Å². The molecular formula is C20H21N5O4. The molecule has 0 atom stereocenters. The highest BCUT2D eigenvalue weighted by atomic mass is 16.5. The first kappa shape index (κ1) is 20.0. The number of amides is 1. The molecule has 9 nitrogen and oxygen atoms in total. The topological polar surface area (TPSA) is 119 Å². The number of ether oxygens (including phenoxy) is 1. The number of rotatable bonds is 8. The third kappa shape index (κ3) is 4.95. The Morgan fingerprint density at radius 1 is 1.17 bits per heavy atom. The summed E-state index contributed by atoms with van der Waals surface area (Å²) in [5.41, 5.74) is 2.97. The van der Waals surface area contributed by atoms with Crippen molar-refractivity contribution in [1.29, 1.82) is 0 Å². The zero-order valence-electron chi connectivity index (χ0n) is 16.1. The van der Waals surface area contributed by atoms with Crippen molar-refractivity contribution >= 4 is 11.9 Å². The maximum Gasteiger partial charge on any atom is 0.341 e. The van der Waals surface area contributed by atoms with Crippen molar-refractivity contribution in [3.05, 3.63) is 54.1 Å². The highest BCUT2D eigenvalue weighted by molar-refractivity contribution is 5.93. The van der Waals surface area contributed by atoms with Crippen LogP contribution < -0.4 is 10.1 Å². The van der Waals surface area contributed by atoms with Crippen molar-refractivity contribution in [3.8, 4) is 22.8 Å². The molecule has 0 aliphatic heterocycles. The Balaban J connectivity index is 1.97. The third-order valence-corrected chi connectivity index (χ3v) is 3.98. The average Bonchev–Trinajstić information content (AvgIpc) is 3.17. The smallest absolute Gasteiger partial charge is 0.341 e. The number of carbonyl (C=O) groups excluding carboxylic acids is 1. The minimum Gasteiger partial charge on any atom is -0.480 e. The van der Waals surface area contributed by atoms with Crippen molar-refractivity contribution in [1.82, 2.24) is 25.1 Å². The molecule has 0 fully saturated rings. The van der Waals surface area contributed by atoms with Gasteiger partial charge in [-0.15, -0.1) is 0 Å². The van der Waals surface area contributed by atoms with Gasteiger partial charge in [-0.05, 0) is 43.7 Å². The molecule has 0 aromatic carbocycles. The molecule has 0 bridgehead atoms. The molecule has 0 aliphatic carbocycles. The lowest BCUT2D eigenvalue weighted by Crippen LogP contribution is -2.24. The van der Waals surface area contributed by atoms with E-state index in [1.807, 2.05) is 26.0 Å². The summed E-state index contributed by atoms with van der Waals surface area (Å²) < 4.78 is 6.72. The summed E-state index contributed by atoms with van der Waals surface area (Å²) in [6.45, 7) is 3.96. The van der Waals surface area contributed by atoms with E-state index in [-0.39, 0.29) is 11.6 Å². The predicted octanol–water partition coefficient (Wildman–Crippen LogP) is 2.24. The van der Waals surface area contributed by atoms with E-state index in [9.17, 15) is 9.59 Å². The number of aliphatic carboxylic acids is 1. The molecule has 3 heterocycles. The molecule has 2 N–H and O–H groups in total. The van der Waals surface area contributed by atoms with Crippen LogP contribution in [0.1, 0.15) is 29.5 Å². The number of aryl methyl sites for hydroxylation is 1. The van der Waals surface area contributed by atoms with Crippen molar-refractivity contribution in [3.63, 3.8) is 0 Å². The number of aromatic nitrogens is 4. The van der Waals surface area contributed by atoms with Gasteiger partial charge >= 0.3 is 5.97 Å². The van der Waals surface area contributed by atoms with Crippen LogP contribution in [0.5, 0.6) is 5.75 Å². The minimum atomic E-state index is -1.07. The summed E-state index contributed by atoms with van der Waals surface area (Å²) in [4.78, 5) is 31.6. The monoisotopic (exact) mass is 395 g/mol. The lowest BCUT2D eigenvalue weighted by atomic mass is 10.2. The number of pyridine rings is 2. The van der Waals surface area contributed by atoms with Gasteiger partial charge in [0, 0.05) is 12.2 Å². The van der Waals surface area contributed by atoms with Gasteiger partial charge in [-0.2, -0.15) is 5.10 Å². The molecule has 9 heteroatoms. The quantitative estimate of drug-likeness (QED) is 0.600. The minimum absolute atomic E-state index is 0.266. The first-order chi connectivity index (χ1) is 14.0. The van der Waals surface area contributed by atoms with Gasteiger partial charge in [-0.1, -0.05) is 6.92 Å². The number of hydrogen-bond acceptors (Lipinski definition) is 6. The standard InChI is InChI=1S/C20H21N5O4/c1-3-8-21-20(28)17-9-18(25(24-17)14-5-4-13(2)22-10-14)16-7-6-15(11-23-16)29-12-19(26)27/h4-7,9-11H,3,8,12H2,1-2H3,(H,21,28)(H,26,27). The summed E-state index contributed by atoms with van der Waals surface area (Å²) in [6, 6.07) is 8.67. The highest BCUT2D eigenvalue weighted by Gasteiger charge is 2.17. The van der Waals surface area contributed by atoms with E-state index in [1.54, 1.807) is 29.1 Å². The van der Waals surface area contributed by atoms with Gasteiger partial charge in [-0.25, -0.2) is 9.48 Å². The molecule has 150 valence electrons. The van der Waals surface area contributed by atoms with Gasteiger partial charge in [0.1, 0.15) is 5.75 Å². The van der Waals surface area contributed by atoms with Gasteiger partial charge in [-0.3, -0.25) is 14.8 Å². The Morgan fingerprint density at radius 3 is 2.62 bits per heavy atom. The molecule has 0 radical (unpaired) electrons. The summed E-state index contributed by atoms with van der Waals surface area (Å²) in [5.74, 6) is -1.00. The first-order valence-electron chi connectivity index (χ1n) is 9.10. The number of nitrogens with one attached hydrogen (secondary N) is 1. The zero-order chi connectivity index (χ0) is 20.8. The fourth-order valence-electron chi connectivity index (χ4n) is 2.55. The molecule has 1 amide bonds. The van der Waals surface area contributed by atoms with Crippen LogP contribution in [0.2, 0.25) is 0 Å². The van der Waals surface area contributed by atoms with E-state index in [2.05, 4.69) is 20.4 Å². The highest BCUT2D eigenvalue weighted by Crippen LogP contribution is 2.24. The van der Waals surface area contributed by atoms with Crippen molar-refractivity contribution < 1.29 is 19.4 Å². The van der Waals surface area contributed by atoms with Gasteiger partial charge in [0.05, 0.1) is 29.5 Å². The lowest BCUT2D eigenvalue weighted by molar-refractivity contribution is -0.139. The number of carboxylic acid groups (broad SMARTS) is 1. The second kappa shape index (κ2) is 8.96. The van der Waals surface area contributed by atoms with Crippen LogP contribution in [-0.2, 0) is 4.79 Å². The lowest BCUT2D eigenvalue weighted by Gasteiger charge is -2.08. The van der Waals surface area contributed by atoms with E-state index >= 15 is 0 Å². The number of carboxylic acids is 1. The first-order valence-corrected chi connectivity index (χ1v) is 9.10. The number of carbonyl (C=O) groups is 2. The van der Waals surface area contributed by atoms with E-state index in [1.165, 1.54) is 6.20 Å². The molecule has 0 saturated heterocycles. The van der Waals surface area contributed by atoms with Crippen molar-refractivity contribution in [2.75, 3.05) is 13.2 Å². The van der Waals surface area contributed by atoms with Crippen LogP contribution in [0.4, 0.5) is 0 Å². The van der Waals surface area contributed by atoms with E-state index in [0.29, 0.717) is 29.4 Å². The maximum atomic E-state index is 12.4. The van der Waals surface area contributed by atoms with Crippen molar-refractivity contribution in [2.24, 2.45) is 0 Å². The molecule has 0 saturated carbocycles. The predicted molar refractivity (Wildman–Crippen MR) is 105 cm³/mol. The Labute approximate surface area is 167 Å². The van der Waals surface area contributed by atoms with Gasteiger partial charge in [0.2, 0.25) is 0 Å². The Morgan fingerprint density at radius 2 is 2.00 bits per heavy atom. The Bertz CT molecular complexity index is 997. The van der Waals surface area contributed by atoms with Crippen LogP contribution >= 0.6 is 0 Å². The molecule has 3 rings (SSSR count). The Hall–Kier alpha value is -3.75. The number of hydrogen-bond donors (Lipinski definition) is 2. The van der Waals surface area contributed by atoms with Gasteiger partial charge in [0.15, 0.2) is 12.3 Å². The molecule has 29 heavy (non-hydrogen) atoms. The summed E-state index contributed by atoms with van der Waals surface area (Å²) >= 11 is 0. The number of nitrogens with zero attached hydrogens (tertiary/aromatic N) is 4. The van der Waals surface area contributed by atoms with E-state index in [4.69, 9.17) is 9.84 Å². The van der Waals surface area contributed by atoms with Crippen molar-refractivity contribution in [2.45, 2.75) is 20.3 Å². The van der Waals surface area contributed by atoms with Crippen LogP contribution in [0.25, 0.3) is 17.1 Å². The van der Waals surface area contributed by atoms with Crippen LogP contribution in [0.3, 0.4) is 0 Å². The van der Waals surface area contributed by atoms with Gasteiger partial charge in [0.25, 0.3) is 5.91 Å². The van der Waals surface area contributed by atoms with Crippen LogP contribution in [-0.4, -0.2) is 49.9 Å². The fourth-order valence-corrected chi connectivity index (χ4v) is 2.55. The largest absolute Gasteiger partial charge is 0.480 e. The summed E-state index contributed by atoms with van der Waals surface area (Å²) in [7, 11) is 0. The summed E-state index contributed by atoms with van der Waals surface area (Å²) in [6.07, 6.45) is 3.92. The SMILES string of the molecule is CCCNC(=O)c1cc(-c2ccc(OCC(=O)O)cn2)n(-c2ccc(C)nc2)n1. The second-order valence-corrected chi connectivity index (χ2v) is 6.30. The fraction of sp³-hybridized carbons (Fsp3) is 0.250. The summed E-state index contributed by atoms with van der Waals surface area (Å²) in [5, 5.41) is 16.0. The molecule has 0 unspecified atom stereocenters.